The number of imidazole rings is 1. The molecule has 0 aliphatic carbocycles. The number of carbonyl (C=O) groups is 2. The Morgan fingerprint density at radius 1 is 1.56 bits per heavy atom. The van der Waals surface area contributed by atoms with Gasteiger partial charge in [-0.2, -0.15) is 0 Å². The lowest BCUT2D eigenvalue weighted by Crippen LogP contribution is -2.30. The van der Waals surface area contributed by atoms with Crippen LogP contribution in [0.15, 0.2) is 6.33 Å². The number of nitrogens with two attached hydrogens (primary N) is 1. The molecule has 3 N–H and O–H groups in total. The number of esters is 1. The minimum absolute atomic E-state index is 0.0711. The number of anilines is 1. The minimum atomic E-state index is -0.585. The van der Waals surface area contributed by atoms with Crippen LogP contribution in [0.2, 0.25) is 0 Å². The van der Waals surface area contributed by atoms with Crippen LogP contribution in [0.25, 0.3) is 0 Å². The molecule has 0 bridgehead atoms. The zero-order valence-corrected chi connectivity index (χ0v) is 10.8. The predicted molar refractivity (Wildman–Crippen MR) is 65.9 cm³/mol. The van der Waals surface area contributed by atoms with Gasteiger partial charge in [0.05, 0.1) is 13.4 Å². The Balaban J connectivity index is 2.61. The molecular weight excluding hydrogens is 236 g/mol. The van der Waals surface area contributed by atoms with Crippen molar-refractivity contribution in [3.8, 4) is 0 Å². The van der Waals surface area contributed by atoms with Gasteiger partial charge in [-0.3, -0.25) is 4.79 Å². The Bertz CT molecular complexity index is 439. The number of amides is 1. The van der Waals surface area contributed by atoms with Crippen molar-refractivity contribution >= 4 is 17.7 Å². The van der Waals surface area contributed by atoms with E-state index in [4.69, 9.17) is 5.73 Å². The van der Waals surface area contributed by atoms with Gasteiger partial charge in [-0.1, -0.05) is 0 Å². The summed E-state index contributed by atoms with van der Waals surface area (Å²) in [6.07, 6.45) is 1.70. The Kier molecular flexibility index (Phi) is 4.70. The average Bonchev–Trinajstić information content (AvgIpc) is 2.66. The molecule has 0 unspecified atom stereocenters. The number of hydrogen-bond acceptors (Lipinski definition) is 5. The zero-order valence-electron chi connectivity index (χ0n) is 10.8. The third-order valence-corrected chi connectivity index (χ3v) is 2.29. The molecule has 0 radical (unpaired) electrons. The fourth-order valence-corrected chi connectivity index (χ4v) is 1.44. The van der Waals surface area contributed by atoms with Crippen LogP contribution in [-0.2, 0) is 16.1 Å². The first kappa shape index (κ1) is 14.0. The van der Waals surface area contributed by atoms with Gasteiger partial charge in [-0.15, -0.1) is 0 Å². The van der Waals surface area contributed by atoms with Gasteiger partial charge in [0, 0.05) is 19.0 Å². The molecule has 0 aliphatic heterocycles. The van der Waals surface area contributed by atoms with Crippen LogP contribution in [0.3, 0.4) is 0 Å². The topological polar surface area (TPSA) is 99.2 Å². The quantitative estimate of drug-likeness (QED) is 0.729. The normalized spacial score (nSPS) is 10.4. The van der Waals surface area contributed by atoms with Crippen molar-refractivity contribution in [2.75, 3.05) is 12.8 Å². The number of nitrogen functional groups attached to an aromatic ring is 1. The third-order valence-electron chi connectivity index (χ3n) is 2.29. The third kappa shape index (κ3) is 3.47. The van der Waals surface area contributed by atoms with E-state index in [1.54, 1.807) is 4.57 Å². The summed E-state index contributed by atoms with van der Waals surface area (Å²) in [5.74, 6) is -0.449. The van der Waals surface area contributed by atoms with Crippen molar-refractivity contribution < 1.29 is 14.3 Å². The molecule has 100 valence electrons. The molecule has 0 saturated carbocycles. The van der Waals surface area contributed by atoms with Gasteiger partial charge in [-0.25, -0.2) is 9.78 Å². The number of carbonyl (C=O) groups excluding carboxylic acids is 2. The summed E-state index contributed by atoms with van der Waals surface area (Å²) < 4.78 is 6.08. The van der Waals surface area contributed by atoms with Crippen molar-refractivity contribution in [2.24, 2.45) is 0 Å². The van der Waals surface area contributed by atoms with E-state index in [1.165, 1.54) is 13.4 Å². The molecule has 1 rings (SSSR count). The Morgan fingerprint density at radius 2 is 2.22 bits per heavy atom. The lowest BCUT2D eigenvalue weighted by Gasteiger charge is -2.09. The Labute approximate surface area is 105 Å². The SMILES string of the molecule is COC(=O)c1ncn(CCC(=O)NC(C)C)c1N. The summed E-state index contributed by atoms with van der Waals surface area (Å²) in [7, 11) is 1.26. The molecule has 1 aromatic rings. The van der Waals surface area contributed by atoms with E-state index in [0.29, 0.717) is 6.54 Å². The van der Waals surface area contributed by atoms with Gasteiger partial charge in [-0.05, 0) is 13.8 Å². The molecule has 0 spiro atoms. The van der Waals surface area contributed by atoms with E-state index < -0.39 is 5.97 Å². The number of ether oxygens (including phenoxy) is 1. The second-order valence-electron chi connectivity index (χ2n) is 4.14. The molecule has 0 fully saturated rings. The summed E-state index contributed by atoms with van der Waals surface area (Å²) >= 11 is 0. The van der Waals surface area contributed by atoms with Crippen molar-refractivity contribution in [2.45, 2.75) is 32.9 Å². The van der Waals surface area contributed by atoms with Gasteiger partial charge in [0.15, 0.2) is 5.69 Å². The van der Waals surface area contributed by atoms with Gasteiger partial charge >= 0.3 is 5.97 Å². The van der Waals surface area contributed by atoms with Crippen molar-refractivity contribution in [3.63, 3.8) is 0 Å². The first-order chi connectivity index (χ1) is 8.45. The van der Waals surface area contributed by atoms with Gasteiger partial charge in [0.25, 0.3) is 0 Å². The number of hydrogen-bond donors (Lipinski definition) is 2. The standard InChI is InChI=1S/C11H18N4O3/c1-7(2)14-8(16)4-5-15-6-13-9(10(15)12)11(17)18-3/h6-7H,4-5,12H2,1-3H3,(H,14,16). The molecule has 0 atom stereocenters. The van der Waals surface area contributed by atoms with E-state index >= 15 is 0 Å². The molecule has 1 aromatic heterocycles. The summed E-state index contributed by atoms with van der Waals surface area (Å²) in [5, 5.41) is 2.77. The highest BCUT2D eigenvalue weighted by Crippen LogP contribution is 2.11. The maximum atomic E-state index is 11.5. The monoisotopic (exact) mass is 254 g/mol. The smallest absolute Gasteiger partial charge is 0.360 e. The minimum Gasteiger partial charge on any atom is -0.464 e. The van der Waals surface area contributed by atoms with E-state index in [0.717, 1.165) is 0 Å². The predicted octanol–water partition coefficient (Wildman–Crippen LogP) is 0.167. The first-order valence-corrected chi connectivity index (χ1v) is 5.64. The number of nitrogens with zero attached hydrogens (tertiary/aromatic N) is 2. The zero-order chi connectivity index (χ0) is 13.7. The Morgan fingerprint density at radius 3 is 2.78 bits per heavy atom. The molecule has 7 nitrogen and oxygen atoms in total. The highest BCUT2D eigenvalue weighted by molar-refractivity contribution is 5.92. The van der Waals surface area contributed by atoms with E-state index in [2.05, 4.69) is 15.0 Å². The number of aromatic nitrogens is 2. The second kappa shape index (κ2) is 6.04. The van der Waals surface area contributed by atoms with Gasteiger partial charge < -0.3 is 20.4 Å². The summed E-state index contributed by atoms with van der Waals surface area (Å²) in [6.45, 7) is 4.14. The number of nitrogens with one attached hydrogen (secondary N) is 1. The van der Waals surface area contributed by atoms with Crippen LogP contribution in [0.4, 0.5) is 5.82 Å². The van der Waals surface area contributed by atoms with Crippen molar-refractivity contribution in [1.82, 2.24) is 14.9 Å². The molecule has 7 heteroatoms. The van der Waals surface area contributed by atoms with Crippen LogP contribution in [0.1, 0.15) is 30.8 Å². The molecule has 0 aliphatic rings. The highest BCUT2D eigenvalue weighted by Gasteiger charge is 2.16. The number of methoxy groups -OCH3 is 1. The largest absolute Gasteiger partial charge is 0.464 e. The van der Waals surface area contributed by atoms with Crippen LogP contribution < -0.4 is 11.1 Å². The fourth-order valence-electron chi connectivity index (χ4n) is 1.44. The van der Waals surface area contributed by atoms with Crippen LogP contribution in [0.5, 0.6) is 0 Å². The van der Waals surface area contributed by atoms with Crippen molar-refractivity contribution in [3.05, 3.63) is 12.0 Å². The van der Waals surface area contributed by atoms with Crippen LogP contribution in [0, 0.1) is 0 Å². The summed E-state index contributed by atoms with van der Waals surface area (Å²) in [5.41, 5.74) is 5.81. The second-order valence-corrected chi connectivity index (χ2v) is 4.14. The lowest BCUT2D eigenvalue weighted by molar-refractivity contribution is -0.121. The average molecular weight is 254 g/mol. The molecule has 0 aromatic carbocycles. The maximum absolute atomic E-state index is 11.5. The van der Waals surface area contributed by atoms with Crippen LogP contribution in [-0.4, -0.2) is 34.6 Å². The summed E-state index contributed by atoms with van der Waals surface area (Å²) in [6, 6.07) is 0.100. The highest BCUT2D eigenvalue weighted by atomic mass is 16.5. The molecule has 0 saturated heterocycles. The van der Waals surface area contributed by atoms with Crippen molar-refractivity contribution in [1.29, 1.82) is 0 Å². The van der Waals surface area contributed by atoms with Gasteiger partial charge in [0.1, 0.15) is 5.82 Å². The summed E-state index contributed by atoms with van der Waals surface area (Å²) in [4.78, 5) is 26.6. The first-order valence-electron chi connectivity index (χ1n) is 5.64. The molecule has 1 amide bonds. The van der Waals surface area contributed by atoms with E-state index in [9.17, 15) is 9.59 Å². The maximum Gasteiger partial charge on any atom is 0.360 e. The van der Waals surface area contributed by atoms with E-state index in [1.807, 2.05) is 13.8 Å². The van der Waals surface area contributed by atoms with E-state index in [-0.39, 0.29) is 29.9 Å². The molecular formula is C11H18N4O3. The van der Waals surface area contributed by atoms with Gasteiger partial charge in [0.2, 0.25) is 5.91 Å². The fraction of sp³-hybridized carbons (Fsp3) is 0.545. The van der Waals surface area contributed by atoms with Crippen LogP contribution >= 0.6 is 0 Å². The molecule has 1 heterocycles. The number of aryl methyl sites for hydroxylation is 1. The Hall–Kier alpha value is -2.05. The number of rotatable bonds is 5. The lowest BCUT2D eigenvalue weighted by atomic mass is 10.3. The molecule has 18 heavy (non-hydrogen) atoms.